The predicted molar refractivity (Wildman–Crippen MR) is 149 cm³/mol. The van der Waals surface area contributed by atoms with Crippen molar-refractivity contribution in [3.8, 4) is 0 Å². The summed E-state index contributed by atoms with van der Waals surface area (Å²) in [5.41, 5.74) is 3.90. The molecule has 1 aliphatic heterocycles. The fourth-order valence-electron chi connectivity index (χ4n) is 4.09. The summed E-state index contributed by atoms with van der Waals surface area (Å²) in [6.07, 6.45) is 9.76. The van der Waals surface area contributed by atoms with Gasteiger partial charge in [0.2, 0.25) is 5.95 Å². The number of aromatic nitrogens is 2. The third-order valence-electron chi connectivity index (χ3n) is 5.77. The smallest absolute Gasteiger partial charge is 0.232 e. The van der Waals surface area contributed by atoms with Gasteiger partial charge in [0, 0.05) is 24.0 Å². The lowest BCUT2D eigenvalue weighted by atomic mass is 10.0. The molecule has 0 unspecified atom stereocenters. The van der Waals surface area contributed by atoms with Crippen molar-refractivity contribution in [2.24, 2.45) is 0 Å². The van der Waals surface area contributed by atoms with Crippen molar-refractivity contribution >= 4 is 34.0 Å². The Morgan fingerprint density at radius 2 is 1.83 bits per heavy atom. The summed E-state index contributed by atoms with van der Waals surface area (Å²) in [5.74, 6) is 2.33. The van der Waals surface area contributed by atoms with Crippen molar-refractivity contribution in [1.29, 1.82) is 0 Å². The number of fused-ring (bicyclic) bond motifs is 1. The monoisotopic (exact) mass is 480 g/mol. The van der Waals surface area contributed by atoms with Crippen molar-refractivity contribution in [1.82, 2.24) is 9.97 Å². The molecule has 36 heavy (non-hydrogen) atoms. The maximum Gasteiger partial charge on any atom is 0.232 e. The van der Waals surface area contributed by atoms with Gasteiger partial charge in [-0.1, -0.05) is 67.3 Å². The van der Waals surface area contributed by atoms with Crippen LogP contribution in [0.25, 0.3) is 22.2 Å². The normalized spacial score (nSPS) is 14.8. The average molecular weight is 481 g/mol. The first kappa shape index (κ1) is 24.9. The molecular formula is C30H32N4O2. The zero-order valence-electron chi connectivity index (χ0n) is 20.9. The Kier molecular flexibility index (Phi) is 8.32. The Bertz CT molecular complexity index is 1320. The van der Waals surface area contributed by atoms with Crippen LogP contribution in [0.1, 0.15) is 25.0 Å². The highest BCUT2D eigenvalue weighted by Crippen LogP contribution is 2.30. The van der Waals surface area contributed by atoms with Crippen molar-refractivity contribution < 1.29 is 9.47 Å². The predicted octanol–water partition coefficient (Wildman–Crippen LogP) is 6.57. The van der Waals surface area contributed by atoms with E-state index in [1.807, 2.05) is 62.4 Å². The first-order valence-corrected chi connectivity index (χ1v) is 12.1. The number of rotatable bonds is 9. The van der Waals surface area contributed by atoms with Crippen LogP contribution in [0, 0.1) is 0 Å². The van der Waals surface area contributed by atoms with Crippen LogP contribution in [-0.2, 0) is 9.47 Å². The molecule has 0 radical (unpaired) electrons. The molecule has 0 aliphatic carbocycles. The molecule has 184 valence electrons. The third-order valence-corrected chi connectivity index (χ3v) is 5.77. The molecule has 6 heteroatoms. The van der Waals surface area contributed by atoms with E-state index in [0.29, 0.717) is 30.8 Å². The number of morpholine rings is 1. The standard InChI is InChI=1S/C30H32N4O2/c1-5-11-23(12-6-2)25-15-16-26-27(21-25)32-30(33-29(26)34-17-19-35-20-18-34)31-22(4)36-28(7-3)24-13-9-8-10-14-24/h5-16,21H,1,4,17-20H2,2-3H3,(H,31,32,33)/b12-6-,23-11+,28-7?. The molecule has 1 aliphatic rings. The fourth-order valence-corrected chi connectivity index (χ4v) is 4.09. The van der Waals surface area contributed by atoms with E-state index >= 15 is 0 Å². The number of hydrogen-bond donors (Lipinski definition) is 1. The molecule has 1 N–H and O–H groups in total. The Balaban J connectivity index is 1.70. The molecule has 0 atom stereocenters. The summed E-state index contributed by atoms with van der Waals surface area (Å²) >= 11 is 0. The number of hydrogen-bond acceptors (Lipinski definition) is 6. The summed E-state index contributed by atoms with van der Waals surface area (Å²) < 4.78 is 11.6. The summed E-state index contributed by atoms with van der Waals surface area (Å²) in [4.78, 5) is 11.9. The highest BCUT2D eigenvalue weighted by molar-refractivity contribution is 5.93. The van der Waals surface area contributed by atoms with Gasteiger partial charge >= 0.3 is 0 Å². The molecule has 4 rings (SSSR count). The lowest BCUT2D eigenvalue weighted by Crippen LogP contribution is -2.37. The lowest BCUT2D eigenvalue weighted by Gasteiger charge is -2.29. The van der Waals surface area contributed by atoms with Crippen LogP contribution in [0.3, 0.4) is 0 Å². The van der Waals surface area contributed by atoms with E-state index in [2.05, 4.69) is 47.6 Å². The van der Waals surface area contributed by atoms with Gasteiger partial charge in [-0.05, 0) is 49.8 Å². The van der Waals surface area contributed by atoms with Crippen LogP contribution in [0.15, 0.2) is 98.0 Å². The van der Waals surface area contributed by atoms with Crippen LogP contribution in [-0.4, -0.2) is 36.3 Å². The second-order valence-electron chi connectivity index (χ2n) is 8.23. The van der Waals surface area contributed by atoms with Crippen LogP contribution in [0.5, 0.6) is 0 Å². The highest BCUT2D eigenvalue weighted by atomic mass is 16.5. The lowest BCUT2D eigenvalue weighted by molar-refractivity contribution is 0.122. The highest BCUT2D eigenvalue weighted by Gasteiger charge is 2.18. The van der Waals surface area contributed by atoms with Crippen LogP contribution in [0.4, 0.5) is 11.8 Å². The summed E-state index contributed by atoms with van der Waals surface area (Å²) in [7, 11) is 0. The molecule has 3 aromatic rings. The molecule has 0 spiro atoms. The summed E-state index contributed by atoms with van der Waals surface area (Å²) in [6.45, 7) is 14.7. The number of anilines is 2. The maximum absolute atomic E-state index is 6.03. The molecule has 0 bridgehead atoms. The van der Waals surface area contributed by atoms with E-state index in [0.717, 1.165) is 46.5 Å². The zero-order chi connectivity index (χ0) is 25.3. The van der Waals surface area contributed by atoms with Crippen molar-refractivity contribution in [2.45, 2.75) is 13.8 Å². The molecule has 2 heterocycles. The molecule has 1 fully saturated rings. The number of ether oxygens (including phenoxy) is 2. The topological polar surface area (TPSA) is 59.5 Å². The van der Waals surface area contributed by atoms with Gasteiger partial charge in [-0.2, -0.15) is 4.98 Å². The first-order valence-electron chi connectivity index (χ1n) is 12.1. The molecule has 0 saturated carbocycles. The van der Waals surface area contributed by atoms with Crippen molar-refractivity contribution in [3.05, 3.63) is 109 Å². The zero-order valence-corrected chi connectivity index (χ0v) is 20.9. The second kappa shape index (κ2) is 12.0. The Labute approximate surface area is 213 Å². The Morgan fingerprint density at radius 3 is 2.53 bits per heavy atom. The first-order chi connectivity index (χ1) is 17.6. The van der Waals surface area contributed by atoms with Gasteiger partial charge in [0.25, 0.3) is 0 Å². The minimum atomic E-state index is 0.344. The van der Waals surface area contributed by atoms with Crippen LogP contribution >= 0.6 is 0 Å². The molecular weight excluding hydrogens is 448 g/mol. The fraction of sp³-hybridized carbons (Fsp3) is 0.200. The third kappa shape index (κ3) is 5.90. The molecule has 1 saturated heterocycles. The molecule has 1 aromatic heterocycles. The number of nitrogens with zero attached hydrogens (tertiary/aromatic N) is 3. The van der Waals surface area contributed by atoms with E-state index in [9.17, 15) is 0 Å². The van der Waals surface area contributed by atoms with Gasteiger partial charge in [0.05, 0.1) is 18.7 Å². The van der Waals surface area contributed by atoms with Crippen LogP contribution in [0.2, 0.25) is 0 Å². The largest absolute Gasteiger partial charge is 0.441 e. The van der Waals surface area contributed by atoms with Crippen molar-refractivity contribution in [2.75, 3.05) is 36.5 Å². The maximum atomic E-state index is 6.03. The van der Waals surface area contributed by atoms with Gasteiger partial charge in [-0.3, -0.25) is 5.32 Å². The van der Waals surface area contributed by atoms with E-state index in [1.165, 1.54) is 0 Å². The van der Waals surface area contributed by atoms with E-state index in [1.54, 1.807) is 6.08 Å². The number of benzene rings is 2. The van der Waals surface area contributed by atoms with Gasteiger partial charge in [0.15, 0.2) is 5.88 Å². The van der Waals surface area contributed by atoms with E-state index in [4.69, 9.17) is 19.4 Å². The quantitative estimate of drug-likeness (QED) is 0.276. The Hall–Kier alpha value is -4.16. The summed E-state index contributed by atoms with van der Waals surface area (Å²) in [5, 5.41) is 4.15. The SMILES string of the molecule is C=C/C=C(\C=C/C)c1ccc2c(N3CCOCC3)nc(NC(=C)OC(=CC)c3ccccc3)nc2c1. The van der Waals surface area contributed by atoms with Gasteiger partial charge in [-0.15, -0.1) is 0 Å². The molecule has 6 nitrogen and oxygen atoms in total. The average Bonchev–Trinajstić information content (AvgIpc) is 2.92. The van der Waals surface area contributed by atoms with Gasteiger partial charge < -0.3 is 14.4 Å². The van der Waals surface area contributed by atoms with E-state index in [-0.39, 0.29) is 0 Å². The number of allylic oxidation sites excluding steroid dienone is 6. The van der Waals surface area contributed by atoms with Gasteiger partial charge in [0.1, 0.15) is 11.6 Å². The molecule has 0 amide bonds. The van der Waals surface area contributed by atoms with Gasteiger partial charge in [-0.25, -0.2) is 4.98 Å². The minimum Gasteiger partial charge on any atom is -0.441 e. The van der Waals surface area contributed by atoms with Crippen LogP contribution < -0.4 is 10.2 Å². The minimum absolute atomic E-state index is 0.344. The summed E-state index contributed by atoms with van der Waals surface area (Å²) in [6, 6.07) is 16.2. The Morgan fingerprint density at radius 1 is 1.06 bits per heavy atom. The second-order valence-corrected chi connectivity index (χ2v) is 8.23. The number of nitrogens with one attached hydrogen (secondary N) is 1. The van der Waals surface area contributed by atoms with Crippen molar-refractivity contribution in [3.63, 3.8) is 0 Å². The molecule has 2 aromatic carbocycles. The van der Waals surface area contributed by atoms with E-state index < -0.39 is 0 Å².